The molecular formula is C18H21N3O4. The third kappa shape index (κ3) is 5.72. The Balaban J connectivity index is 1.93. The van der Waals surface area contributed by atoms with Gasteiger partial charge in [-0.2, -0.15) is 0 Å². The fraction of sp³-hybridized carbons (Fsp3) is 0.222. The van der Waals surface area contributed by atoms with Crippen molar-refractivity contribution in [2.45, 2.75) is 13.0 Å². The van der Waals surface area contributed by atoms with Crippen LogP contribution >= 0.6 is 0 Å². The summed E-state index contributed by atoms with van der Waals surface area (Å²) in [7, 11) is 1.58. The number of nitrogens with one attached hydrogen (secondary N) is 2. The summed E-state index contributed by atoms with van der Waals surface area (Å²) in [5, 5.41) is 5.90. The zero-order chi connectivity index (χ0) is 18.2. The molecule has 0 spiro atoms. The molecule has 0 radical (unpaired) electrons. The van der Waals surface area contributed by atoms with Crippen LogP contribution in [0.4, 0.5) is 11.4 Å². The molecule has 4 N–H and O–H groups in total. The van der Waals surface area contributed by atoms with Crippen molar-refractivity contribution in [2.24, 2.45) is 5.73 Å². The lowest BCUT2D eigenvalue weighted by molar-refractivity contribution is -0.120. The SMILES string of the molecule is COc1ccc(NC(=O)[C@@H](C)Nc2cccc(OCC(N)=O)c2)cc1. The molecule has 0 aliphatic rings. The van der Waals surface area contributed by atoms with Gasteiger partial charge in [-0.3, -0.25) is 9.59 Å². The highest BCUT2D eigenvalue weighted by molar-refractivity contribution is 5.96. The number of hydrogen-bond acceptors (Lipinski definition) is 5. The minimum Gasteiger partial charge on any atom is -0.497 e. The van der Waals surface area contributed by atoms with Crippen LogP contribution in [0.5, 0.6) is 11.5 Å². The van der Waals surface area contributed by atoms with E-state index in [1.165, 1.54) is 0 Å². The molecule has 2 aromatic carbocycles. The van der Waals surface area contributed by atoms with Gasteiger partial charge in [-0.25, -0.2) is 0 Å². The van der Waals surface area contributed by atoms with E-state index in [-0.39, 0.29) is 12.5 Å². The van der Waals surface area contributed by atoms with Crippen molar-refractivity contribution in [1.29, 1.82) is 0 Å². The molecule has 7 nitrogen and oxygen atoms in total. The number of benzene rings is 2. The predicted octanol–water partition coefficient (Wildman–Crippen LogP) is 2.00. The number of rotatable bonds is 8. The Morgan fingerprint density at radius 3 is 2.44 bits per heavy atom. The summed E-state index contributed by atoms with van der Waals surface area (Å²) in [4.78, 5) is 23.0. The molecule has 132 valence electrons. The number of nitrogens with two attached hydrogens (primary N) is 1. The Hall–Kier alpha value is -3.22. The molecule has 0 fully saturated rings. The number of methoxy groups -OCH3 is 1. The maximum atomic E-state index is 12.3. The van der Waals surface area contributed by atoms with Crippen LogP contribution < -0.4 is 25.8 Å². The molecule has 0 unspecified atom stereocenters. The summed E-state index contributed by atoms with van der Waals surface area (Å²) in [6.07, 6.45) is 0. The van der Waals surface area contributed by atoms with Crippen LogP contribution in [0, 0.1) is 0 Å². The zero-order valence-electron chi connectivity index (χ0n) is 14.1. The van der Waals surface area contributed by atoms with Gasteiger partial charge in [0.25, 0.3) is 5.91 Å². The number of hydrogen-bond donors (Lipinski definition) is 3. The minimum atomic E-state index is -0.550. The third-order valence-corrected chi connectivity index (χ3v) is 3.35. The minimum absolute atomic E-state index is 0.186. The van der Waals surface area contributed by atoms with E-state index in [9.17, 15) is 9.59 Å². The lowest BCUT2D eigenvalue weighted by Gasteiger charge is -2.16. The standard InChI is InChI=1S/C18H21N3O4/c1-12(18(23)21-13-6-8-15(24-2)9-7-13)20-14-4-3-5-16(10-14)25-11-17(19)22/h3-10,12,20H,11H2,1-2H3,(H2,19,22)(H,21,23)/t12-/m1/s1. The topological polar surface area (TPSA) is 103 Å². The second-order valence-corrected chi connectivity index (χ2v) is 5.37. The van der Waals surface area contributed by atoms with E-state index in [2.05, 4.69) is 10.6 Å². The first-order valence-electron chi connectivity index (χ1n) is 7.70. The van der Waals surface area contributed by atoms with E-state index >= 15 is 0 Å². The summed E-state index contributed by atoms with van der Waals surface area (Å²) in [5.41, 5.74) is 6.42. The molecule has 7 heteroatoms. The van der Waals surface area contributed by atoms with Crippen molar-refractivity contribution >= 4 is 23.2 Å². The van der Waals surface area contributed by atoms with Gasteiger partial charge in [-0.05, 0) is 43.3 Å². The van der Waals surface area contributed by atoms with Crippen molar-refractivity contribution in [3.63, 3.8) is 0 Å². The number of ether oxygens (including phenoxy) is 2. The average molecular weight is 343 g/mol. The Morgan fingerprint density at radius 1 is 1.08 bits per heavy atom. The molecule has 0 aliphatic carbocycles. The Kier molecular flexibility index (Phi) is 6.22. The van der Waals surface area contributed by atoms with E-state index in [0.717, 1.165) is 5.75 Å². The zero-order valence-corrected chi connectivity index (χ0v) is 14.1. The number of primary amides is 1. The van der Waals surface area contributed by atoms with E-state index in [1.54, 1.807) is 62.6 Å². The van der Waals surface area contributed by atoms with Gasteiger partial charge < -0.3 is 25.8 Å². The lowest BCUT2D eigenvalue weighted by atomic mass is 10.2. The van der Waals surface area contributed by atoms with Gasteiger partial charge in [-0.15, -0.1) is 0 Å². The third-order valence-electron chi connectivity index (χ3n) is 3.35. The van der Waals surface area contributed by atoms with Gasteiger partial charge in [0, 0.05) is 17.4 Å². The van der Waals surface area contributed by atoms with Crippen molar-refractivity contribution in [1.82, 2.24) is 0 Å². The number of amides is 2. The van der Waals surface area contributed by atoms with Crippen molar-refractivity contribution in [3.8, 4) is 11.5 Å². The highest BCUT2D eigenvalue weighted by atomic mass is 16.5. The number of carbonyl (C=O) groups is 2. The summed E-state index contributed by atoms with van der Waals surface area (Å²) in [5.74, 6) is 0.475. The molecule has 0 saturated carbocycles. The average Bonchev–Trinajstić information content (AvgIpc) is 2.61. The summed E-state index contributed by atoms with van der Waals surface area (Å²) in [6, 6.07) is 13.6. The fourth-order valence-electron chi connectivity index (χ4n) is 2.07. The van der Waals surface area contributed by atoms with Crippen LogP contribution in [0.25, 0.3) is 0 Å². The molecule has 0 heterocycles. The van der Waals surface area contributed by atoms with Gasteiger partial charge in [0.2, 0.25) is 5.91 Å². The molecule has 2 rings (SSSR count). The van der Waals surface area contributed by atoms with E-state index in [4.69, 9.17) is 15.2 Å². The Morgan fingerprint density at radius 2 is 1.80 bits per heavy atom. The van der Waals surface area contributed by atoms with Crippen LogP contribution in [0.3, 0.4) is 0 Å². The van der Waals surface area contributed by atoms with Crippen LogP contribution in [0.15, 0.2) is 48.5 Å². The maximum absolute atomic E-state index is 12.3. The molecule has 25 heavy (non-hydrogen) atoms. The Bertz CT molecular complexity index is 731. The van der Waals surface area contributed by atoms with Crippen molar-refractivity contribution in [3.05, 3.63) is 48.5 Å². The first-order valence-corrected chi connectivity index (χ1v) is 7.70. The molecule has 2 aromatic rings. The first kappa shape index (κ1) is 18.1. The number of carbonyl (C=O) groups excluding carboxylic acids is 2. The van der Waals surface area contributed by atoms with Gasteiger partial charge in [-0.1, -0.05) is 6.07 Å². The predicted molar refractivity (Wildman–Crippen MR) is 95.8 cm³/mol. The fourth-order valence-corrected chi connectivity index (χ4v) is 2.07. The highest BCUT2D eigenvalue weighted by Crippen LogP contribution is 2.19. The van der Waals surface area contributed by atoms with Gasteiger partial charge in [0.1, 0.15) is 17.5 Å². The number of anilines is 2. The second-order valence-electron chi connectivity index (χ2n) is 5.37. The molecule has 0 saturated heterocycles. The van der Waals surface area contributed by atoms with Crippen molar-refractivity contribution in [2.75, 3.05) is 24.4 Å². The second kappa shape index (κ2) is 8.58. The lowest BCUT2D eigenvalue weighted by Crippen LogP contribution is -2.31. The van der Waals surface area contributed by atoms with E-state index in [0.29, 0.717) is 17.1 Å². The first-order chi connectivity index (χ1) is 12.0. The molecule has 0 aromatic heterocycles. The maximum Gasteiger partial charge on any atom is 0.255 e. The smallest absolute Gasteiger partial charge is 0.255 e. The highest BCUT2D eigenvalue weighted by Gasteiger charge is 2.13. The van der Waals surface area contributed by atoms with E-state index in [1.807, 2.05) is 0 Å². The summed E-state index contributed by atoms with van der Waals surface area (Å²) < 4.78 is 10.3. The largest absolute Gasteiger partial charge is 0.497 e. The summed E-state index contributed by atoms with van der Waals surface area (Å²) >= 11 is 0. The quantitative estimate of drug-likeness (QED) is 0.680. The van der Waals surface area contributed by atoms with Gasteiger partial charge >= 0.3 is 0 Å². The molecular weight excluding hydrogens is 322 g/mol. The van der Waals surface area contributed by atoms with Crippen LogP contribution in [-0.4, -0.2) is 31.6 Å². The summed E-state index contributed by atoms with van der Waals surface area (Å²) in [6.45, 7) is 1.55. The Labute approximate surface area is 146 Å². The molecule has 1 atom stereocenters. The van der Waals surface area contributed by atoms with Crippen LogP contribution in [0.2, 0.25) is 0 Å². The molecule has 0 bridgehead atoms. The van der Waals surface area contributed by atoms with E-state index < -0.39 is 11.9 Å². The molecule has 0 aliphatic heterocycles. The normalized spacial score (nSPS) is 11.3. The van der Waals surface area contributed by atoms with Crippen LogP contribution in [-0.2, 0) is 9.59 Å². The van der Waals surface area contributed by atoms with Gasteiger partial charge in [0.05, 0.1) is 7.11 Å². The van der Waals surface area contributed by atoms with Crippen LogP contribution in [0.1, 0.15) is 6.92 Å². The molecule has 2 amide bonds. The van der Waals surface area contributed by atoms with Gasteiger partial charge in [0.15, 0.2) is 6.61 Å². The van der Waals surface area contributed by atoms with Crippen molar-refractivity contribution < 1.29 is 19.1 Å². The monoisotopic (exact) mass is 343 g/mol.